The molecule has 0 rings (SSSR count). The fourth-order valence-corrected chi connectivity index (χ4v) is 0.402. The predicted molar refractivity (Wildman–Crippen MR) is 35.2 cm³/mol. The van der Waals surface area contributed by atoms with Crippen LogP contribution in [0.5, 0.6) is 0 Å². The smallest absolute Gasteiger partial charge is 0.0814 e. The molecule has 0 spiro atoms. The van der Waals surface area contributed by atoms with Gasteiger partial charge >= 0.3 is 0 Å². The highest BCUT2D eigenvalue weighted by Crippen LogP contribution is 1.93. The van der Waals surface area contributed by atoms with Gasteiger partial charge in [0.25, 0.3) is 0 Å². The van der Waals surface area contributed by atoms with Gasteiger partial charge < -0.3 is 9.85 Å². The summed E-state index contributed by atoms with van der Waals surface area (Å²) in [5.74, 6) is 0. The summed E-state index contributed by atoms with van der Waals surface area (Å²) >= 11 is 0. The van der Waals surface area contributed by atoms with E-state index in [0.29, 0.717) is 6.54 Å². The lowest BCUT2D eigenvalue weighted by molar-refractivity contribution is -0.839. The van der Waals surface area contributed by atoms with Gasteiger partial charge in [0.2, 0.25) is 0 Å². The second-order valence-corrected chi connectivity index (χ2v) is 2.37. The molecular weight excluding hydrogens is 102 g/mol. The molecule has 0 amide bonds. The SMILES string of the molecule is C=CCC[N+](C)(C)[O-]. The summed E-state index contributed by atoms with van der Waals surface area (Å²) in [7, 11) is 3.26. The van der Waals surface area contributed by atoms with Crippen LogP contribution in [0, 0.1) is 5.21 Å². The zero-order valence-corrected chi connectivity index (χ0v) is 5.55. The molecule has 0 radical (unpaired) electrons. The first-order chi connectivity index (χ1) is 3.56. The Kier molecular flexibility index (Phi) is 2.72. The predicted octanol–water partition coefficient (Wildman–Crippen LogP) is 1.14. The van der Waals surface area contributed by atoms with E-state index >= 15 is 0 Å². The molecule has 0 N–H and O–H groups in total. The number of quaternary nitrogens is 1. The molecule has 0 heterocycles. The summed E-state index contributed by atoms with van der Waals surface area (Å²) in [5, 5.41) is 10.8. The van der Waals surface area contributed by atoms with Gasteiger partial charge in [0.05, 0.1) is 20.6 Å². The van der Waals surface area contributed by atoms with E-state index in [4.69, 9.17) is 0 Å². The molecule has 2 nitrogen and oxygen atoms in total. The van der Waals surface area contributed by atoms with Gasteiger partial charge in [-0.3, -0.25) is 0 Å². The maximum absolute atomic E-state index is 10.8. The number of hydrogen-bond acceptors (Lipinski definition) is 1. The Hall–Kier alpha value is -0.340. The van der Waals surface area contributed by atoms with Crippen LogP contribution in [-0.4, -0.2) is 25.3 Å². The highest BCUT2D eigenvalue weighted by molar-refractivity contribution is 4.64. The first kappa shape index (κ1) is 7.66. The average molecular weight is 115 g/mol. The summed E-state index contributed by atoms with van der Waals surface area (Å²) in [4.78, 5) is 0. The third-order valence-electron chi connectivity index (χ3n) is 0.872. The molecule has 0 saturated heterocycles. The second kappa shape index (κ2) is 2.84. The first-order valence-electron chi connectivity index (χ1n) is 2.71. The van der Waals surface area contributed by atoms with E-state index in [1.807, 2.05) is 0 Å². The molecule has 0 atom stereocenters. The Labute approximate surface area is 50.6 Å². The fraction of sp³-hybridized carbons (Fsp3) is 0.667. The zero-order valence-electron chi connectivity index (χ0n) is 5.55. The summed E-state index contributed by atoms with van der Waals surface area (Å²) in [6, 6.07) is 0. The van der Waals surface area contributed by atoms with Crippen molar-refractivity contribution < 1.29 is 4.65 Å². The van der Waals surface area contributed by atoms with E-state index in [9.17, 15) is 5.21 Å². The molecule has 0 aliphatic heterocycles. The lowest BCUT2D eigenvalue weighted by Gasteiger charge is -2.33. The lowest BCUT2D eigenvalue weighted by atomic mass is 10.4. The van der Waals surface area contributed by atoms with Crippen molar-refractivity contribution in [2.45, 2.75) is 6.42 Å². The molecule has 0 unspecified atom stereocenters. The van der Waals surface area contributed by atoms with E-state index in [1.165, 1.54) is 0 Å². The monoisotopic (exact) mass is 115 g/mol. The van der Waals surface area contributed by atoms with E-state index in [-0.39, 0.29) is 4.65 Å². The van der Waals surface area contributed by atoms with Gasteiger partial charge in [0, 0.05) is 6.42 Å². The van der Waals surface area contributed by atoms with Crippen molar-refractivity contribution in [3.63, 3.8) is 0 Å². The maximum atomic E-state index is 10.8. The lowest BCUT2D eigenvalue weighted by Crippen LogP contribution is -2.32. The van der Waals surface area contributed by atoms with Crippen LogP contribution in [0.15, 0.2) is 12.7 Å². The third-order valence-corrected chi connectivity index (χ3v) is 0.872. The van der Waals surface area contributed by atoms with Gasteiger partial charge in [-0.2, -0.15) is 0 Å². The standard InChI is InChI=1S/C6H13NO/c1-4-5-6-7(2,3)8/h4H,1,5-6H2,2-3H3. The molecule has 0 bridgehead atoms. The Balaban J connectivity index is 3.24. The molecule has 48 valence electrons. The van der Waals surface area contributed by atoms with Crippen LogP contribution in [0.3, 0.4) is 0 Å². The Morgan fingerprint density at radius 1 is 1.62 bits per heavy atom. The summed E-state index contributed by atoms with van der Waals surface area (Å²) in [5.41, 5.74) is 0. The van der Waals surface area contributed by atoms with Crippen LogP contribution < -0.4 is 0 Å². The second-order valence-electron chi connectivity index (χ2n) is 2.37. The molecule has 0 aromatic heterocycles. The normalized spacial score (nSPS) is 11.4. The minimum atomic E-state index is -0.216. The molecule has 0 aliphatic rings. The number of hydrogen-bond donors (Lipinski definition) is 0. The minimum Gasteiger partial charge on any atom is -0.633 e. The highest BCUT2D eigenvalue weighted by Gasteiger charge is 1.96. The molecular formula is C6H13NO. The van der Waals surface area contributed by atoms with E-state index in [0.717, 1.165) is 6.42 Å². The van der Waals surface area contributed by atoms with Crippen molar-refractivity contribution in [3.05, 3.63) is 17.9 Å². The Morgan fingerprint density at radius 2 is 2.12 bits per heavy atom. The fourth-order valence-electron chi connectivity index (χ4n) is 0.402. The van der Waals surface area contributed by atoms with Crippen molar-refractivity contribution in [1.82, 2.24) is 0 Å². The number of hydroxylamine groups is 3. The van der Waals surface area contributed by atoms with Crippen LogP contribution in [0.2, 0.25) is 0 Å². The zero-order chi connectivity index (χ0) is 6.62. The van der Waals surface area contributed by atoms with Crippen LogP contribution in [0.25, 0.3) is 0 Å². The maximum Gasteiger partial charge on any atom is 0.0814 e. The molecule has 8 heavy (non-hydrogen) atoms. The van der Waals surface area contributed by atoms with Gasteiger partial charge in [-0.15, -0.1) is 6.58 Å². The molecule has 0 aliphatic carbocycles. The van der Waals surface area contributed by atoms with Crippen LogP contribution in [0.4, 0.5) is 0 Å². The molecule has 0 saturated carbocycles. The highest BCUT2D eigenvalue weighted by atomic mass is 16.5. The molecule has 0 aromatic carbocycles. The van der Waals surface area contributed by atoms with Crippen molar-refractivity contribution in [2.75, 3.05) is 20.6 Å². The quantitative estimate of drug-likeness (QED) is 0.307. The third kappa shape index (κ3) is 5.66. The average Bonchev–Trinajstić information content (AvgIpc) is 1.59. The minimum absolute atomic E-state index is 0.216. The van der Waals surface area contributed by atoms with Crippen LogP contribution in [0.1, 0.15) is 6.42 Å². The van der Waals surface area contributed by atoms with Gasteiger partial charge in [-0.1, -0.05) is 6.08 Å². The first-order valence-corrected chi connectivity index (χ1v) is 2.71. The number of nitrogens with zero attached hydrogens (tertiary/aromatic N) is 1. The topological polar surface area (TPSA) is 23.1 Å². The van der Waals surface area contributed by atoms with Gasteiger partial charge in [-0.25, -0.2) is 0 Å². The van der Waals surface area contributed by atoms with Crippen molar-refractivity contribution in [3.8, 4) is 0 Å². The van der Waals surface area contributed by atoms with Crippen molar-refractivity contribution in [2.24, 2.45) is 0 Å². The van der Waals surface area contributed by atoms with Crippen molar-refractivity contribution >= 4 is 0 Å². The summed E-state index contributed by atoms with van der Waals surface area (Å²) in [6.45, 7) is 4.14. The van der Waals surface area contributed by atoms with E-state index in [1.54, 1.807) is 20.2 Å². The Morgan fingerprint density at radius 3 is 2.25 bits per heavy atom. The van der Waals surface area contributed by atoms with E-state index in [2.05, 4.69) is 6.58 Å². The Bertz CT molecular complexity index is 73.1. The van der Waals surface area contributed by atoms with E-state index < -0.39 is 0 Å². The van der Waals surface area contributed by atoms with Gasteiger partial charge in [0.1, 0.15) is 0 Å². The van der Waals surface area contributed by atoms with Gasteiger partial charge in [-0.05, 0) is 0 Å². The summed E-state index contributed by atoms with van der Waals surface area (Å²) < 4.78 is -0.216. The largest absolute Gasteiger partial charge is 0.633 e. The molecule has 0 fully saturated rings. The number of rotatable bonds is 3. The van der Waals surface area contributed by atoms with Crippen molar-refractivity contribution in [1.29, 1.82) is 0 Å². The van der Waals surface area contributed by atoms with Crippen LogP contribution >= 0.6 is 0 Å². The van der Waals surface area contributed by atoms with Gasteiger partial charge in [0.15, 0.2) is 0 Å². The van der Waals surface area contributed by atoms with Crippen LogP contribution in [-0.2, 0) is 0 Å². The molecule has 2 heteroatoms. The molecule has 0 aromatic rings. The summed E-state index contributed by atoms with van der Waals surface area (Å²) in [6.07, 6.45) is 2.56.